The summed E-state index contributed by atoms with van der Waals surface area (Å²) in [6.07, 6.45) is 0.724. The maximum Gasteiger partial charge on any atom is 0.324 e. The predicted molar refractivity (Wildman–Crippen MR) is 69.7 cm³/mol. The Morgan fingerprint density at radius 2 is 2.10 bits per heavy atom. The zero-order valence-corrected chi connectivity index (χ0v) is 12.0. The summed E-state index contributed by atoms with van der Waals surface area (Å²) in [7, 11) is -3.16. The second-order valence-corrected chi connectivity index (χ2v) is 6.43. The van der Waals surface area contributed by atoms with Gasteiger partial charge in [-0.3, -0.25) is 4.79 Å². The predicted octanol–water partition coefficient (Wildman–Crippen LogP) is 0.873. The average molecular weight is 320 g/mol. The molecule has 9 heteroatoms. The summed E-state index contributed by atoms with van der Waals surface area (Å²) in [6.45, 7) is 0.0544. The molecule has 0 saturated carbocycles. The number of sulfonamides is 1. The number of anilines is 1. The summed E-state index contributed by atoms with van der Waals surface area (Å²) < 4.78 is 57.4. The van der Waals surface area contributed by atoms with Crippen LogP contribution >= 0.6 is 0 Å². The number of nitrogens with two attached hydrogens (primary N) is 1. The van der Waals surface area contributed by atoms with Gasteiger partial charge in [0.15, 0.2) is 5.82 Å². The van der Waals surface area contributed by atoms with Gasteiger partial charge in [-0.05, 0) is 25.0 Å². The molecule has 1 unspecified atom stereocenters. The standard InChI is InChI=1S/C12H14F2N2O4S/c1-20-12(17)8-3-2-6-16(8)21(18,19)9-5-4-7(13)11(15)10(9)14/h4-5,8H,2-3,6,15H2,1H3. The molecule has 2 rings (SSSR count). The summed E-state index contributed by atoms with van der Waals surface area (Å²) in [5, 5.41) is 0. The van der Waals surface area contributed by atoms with Crippen molar-refractivity contribution < 1.29 is 26.7 Å². The molecule has 21 heavy (non-hydrogen) atoms. The fourth-order valence-corrected chi connectivity index (χ4v) is 4.00. The number of carbonyl (C=O) groups is 1. The lowest BCUT2D eigenvalue weighted by Crippen LogP contribution is -2.41. The molecule has 1 heterocycles. The summed E-state index contributed by atoms with van der Waals surface area (Å²) in [4.78, 5) is 10.8. The van der Waals surface area contributed by atoms with E-state index >= 15 is 0 Å². The van der Waals surface area contributed by atoms with Crippen LogP contribution in [0.25, 0.3) is 0 Å². The molecule has 1 aliphatic heterocycles. The van der Waals surface area contributed by atoms with Crippen LogP contribution in [0, 0.1) is 11.6 Å². The summed E-state index contributed by atoms with van der Waals surface area (Å²) in [5.74, 6) is -3.12. The van der Waals surface area contributed by atoms with Gasteiger partial charge in [0.1, 0.15) is 22.4 Å². The number of carbonyl (C=O) groups excluding carboxylic acids is 1. The number of methoxy groups -OCH3 is 1. The van der Waals surface area contributed by atoms with Gasteiger partial charge in [-0.25, -0.2) is 17.2 Å². The minimum absolute atomic E-state index is 0.0544. The topological polar surface area (TPSA) is 89.7 Å². The highest BCUT2D eigenvalue weighted by Crippen LogP contribution is 2.30. The minimum atomic E-state index is -4.30. The van der Waals surface area contributed by atoms with E-state index in [2.05, 4.69) is 4.74 Å². The number of halogens is 2. The SMILES string of the molecule is COC(=O)C1CCCN1S(=O)(=O)c1ccc(F)c(N)c1F. The van der Waals surface area contributed by atoms with E-state index in [1.165, 1.54) is 0 Å². The van der Waals surface area contributed by atoms with Gasteiger partial charge in [-0.15, -0.1) is 0 Å². The Bertz CT molecular complexity index is 678. The van der Waals surface area contributed by atoms with Crippen molar-refractivity contribution in [3.05, 3.63) is 23.8 Å². The number of esters is 1. The number of nitrogen functional groups attached to an aromatic ring is 1. The van der Waals surface area contributed by atoms with Crippen LogP contribution in [-0.2, 0) is 19.6 Å². The third-order valence-electron chi connectivity index (χ3n) is 3.35. The second kappa shape index (κ2) is 5.57. The number of rotatable bonds is 3. The van der Waals surface area contributed by atoms with Crippen LogP contribution in [0.2, 0.25) is 0 Å². The van der Waals surface area contributed by atoms with E-state index in [4.69, 9.17) is 5.73 Å². The van der Waals surface area contributed by atoms with Crippen LogP contribution < -0.4 is 5.73 Å². The van der Waals surface area contributed by atoms with Crippen LogP contribution in [0.4, 0.5) is 14.5 Å². The van der Waals surface area contributed by atoms with Crippen molar-refractivity contribution in [1.29, 1.82) is 0 Å². The Morgan fingerprint density at radius 3 is 2.71 bits per heavy atom. The lowest BCUT2D eigenvalue weighted by Gasteiger charge is -2.22. The molecule has 1 atom stereocenters. The molecule has 6 nitrogen and oxygen atoms in total. The van der Waals surface area contributed by atoms with E-state index in [9.17, 15) is 22.0 Å². The maximum absolute atomic E-state index is 13.9. The van der Waals surface area contributed by atoms with Crippen LogP contribution in [-0.4, -0.2) is 38.4 Å². The first-order chi connectivity index (χ1) is 9.80. The zero-order chi connectivity index (χ0) is 15.8. The van der Waals surface area contributed by atoms with E-state index in [0.717, 1.165) is 23.5 Å². The first kappa shape index (κ1) is 15.6. The van der Waals surface area contributed by atoms with Crippen molar-refractivity contribution in [2.45, 2.75) is 23.8 Å². The smallest absolute Gasteiger partial charge is 0.324 e. The van der Waals surface area contributed by atoms with Gasteiger partial charge in [-0.1, -0.05) is 0 Å². The molecule has 116 valence electrons. The van der Waals surface area contributed by atoms with Gasteiger partial charge in [-0.2, -0.15) is 4.31 Å². The third-order valence-corrected chi connectivity index (χ3v) is 5.28. The minimum Gasteiger partial charge on any atom is -0.468 e. The van der Waals surface area contributed by atoms with Crippen molar-refractivity contribution in [2.24, 2.45) is 0 Å². The Kier molecular flexibility index (Phi) is 4.15. The average Bonchev–Trinajstić information content (AvgIpc) is 2.94. The van der Waals surface area contributed by atoms with Crippen molar-refractivity contribution in [2.75, 3.05) is 19.4 Å². The van der Waals surface area contributed by atoms with E-state index in [1.54, 1.807) is 0 Å². The van der Waals surface area contributed by atoms with E-state index in [-0.39, 0.29) is 13.0 Å². The number of benzene rings is 1. The second-order valence-electron chi connectivity index (χ2n) is 4.57. The fourth-order valence-electron chi connectivity index (χ4n) is 2.27. The van der Waals surface area contributed by atoms with E-state index < -0.39 is 44.3 Å². The fraction of sp³-hybridized carbons (Fsp3) is 0.417. The quantitative estimate of drug-likeness (QED) is 0.659. The van der Waals surface area contributed by atoms with Gasteiger partial charge in [0.2, 0.25) is 10.0 Å². The molecule has 0 aliphatic carbocycles. The Labute approximate surface area is 120 Å². The molecule has 1 fully saturated rings. The number of hydrogen-bond acceptors (Lipinski definition) is 5. The lowest BCUT2D eigenvalue weighted by molar-refractivity contribution is -0.144. The molecule has 1 aliphatic rings. The molecule has 0 bridgehead atoms. The Morgan fingerprint density at radius 1 is 1.43 bits per heavy atom. The largest absolute Gasteiger partial charge is 0.468 e. The van der Waals surface area contributed by atoms with Crippen molar-refractivity contribution >= 4 is 21.7 Å². The molecular weight excluding hydrogens is 306 g/mol. The molecule has 2 N–H and O–H groups in total. The molecule has 0 radical (unpaired) electrons. The summed E-state index contributed by atoms with van der Waals surface area (Å²) >= 11 is 0. The third kappa shape index (κ3) is 2.58. The van der Waals surface area contributed by atoms with Crippen LogP contribution in [0.5, 0.6) is 0 Å². The van der Waals surface area contributed by atoms with Crippen LogP contribution in [0.3, 0.4) is 0 Å². The molecule has 1 aromatic rings. The lowest BCUT2D eigenvalue weighted by atomic mass is 10.2. The summed E-state index contributed by atoms with van der Waals surface area (Å²) in [5.41, 5.74) is 4.30. The highest BCUT2D eigenvalue weighted by Gasteiger charge is 2.41. The molecule has 0 amide bonds. The number of nitrogens with zero attached hydrogens (tertiary/aromatic N) is 1. The maximum atomic E-state index is 13.9. The first-order valence-corrected chi connectivity index (χ1v) is 7.58. The van der Waals surface area contributed by atoms with Gasteiger partial charge < -0.3 is 10.5 Å². The van der Waals surface area contributed by atoms with Crippen LogP contribution in [0.15, 0.2) is 17.0 Å². The zero-order valence-electron chi connectivity index (χ0n) is 11.2. The normalized spacial score (nSPS) is 19.7. The van der Waals surface area contributed by atoms with Gasteiger partial charge in [0.05, 0.1) is 7.11 Å². The van der Waals surface area contributed by atoms with Crippen LogP contribution in [0.1, 0.15) is 12.8 Å². The van der Waals surface area contributed by atoms with E-state index in [0.29, 0.717) is 6.42 Å². The number of ether oxygens (including phenoxy) is 1. The van der Waals surface area contributed by atoms with Crippen molar-refractivity contribution in [3.8, 4) is 0 Å². The molecule has 0 aromatic heterocycles. The number of hydrogen-bond donors (Lipinski definition) is 1. The molecule has 1 aromatic carbocycles. The first-order valence-electron chi connectivity index (χ1n) is 6.14. The summed E-state index contributed by atoms with van der Waals surface area (Å²) in [6, 6.07) is 0.558. The van der Waals surface area contributed by atoms with Gasteiger partial charge in [0, 0.05) is 6.54 Å². The monoisotopic (exact) mass is 320 g/mol. The van der Waals surface area contributed by atoms with Crippen molar-refractivity contribution in [3.63, 3.8) is 0 Å². The Hall–Kier alpha value is -1.74. The van der Waals surface area contributed by atoms with Crippen molar-refractivity contribution in [1.82, 2.24) is 4.31 Å². The molecular formula is C12H14F2N2O4S. The molecule has 0 spiro atoms. The highest BCUT2D eigenvalue weighted by atomic mass is 32.2. The molecule has 1 saturated heterocycles. The van der Waals surface area contributed by atoms with Gasteiger partial charge in [0.25, 0.3) is 0 Å². The Balaban J connectivity index is 2.47. The highest BCUT2D eigenvalue weighted by molar-refractivity contribution is 7.89. The van der Waals surface area contributed by atoms with E-state index in [1.807, 2.05) is 0 Å². The van der Waals surface area contributed by atoms with Gasteiger partial charge >= 0.3 is 5.97 Å².